The number of benzene rings is 1. The molecule has 2 rings (SSSR count). The third-order valence-electron chi connectivity index (χ3n) is 2.88. The quantitative estimate of drug-likeness (QED) is 0.323. The van der Waals surface area contributed by atoms with Crippen LogP contribution in [0.3, 0.4) is 0 Å². The SMILES string of the molecule is C/C(=N/Nc1c(Cl)c(Cl)nc(C(=O)O)c1Cl)c1cccc(N)c1. The van der Waals surface area contributed by atoms with E-state index in [-0.39, 0.29) is 20.9 Å². The molecule has 6 nitrogen and oxygen atoms in total. The molecule has 4 N–H and O–H groups in total. The summed E-state index contributed by atoms with van der Waals surface area (Å²) in [5.74, 6) is -1.33. The second-order valence-corrected chi connectivity index (χ2v) is 5.61. The molecule has 1 heterocycles. The number of halogens is 3. The van der Waals surface area contributed by atoms with Crippen LogP contribution in [-0.2, 0) is 0 Å². The van der Waals surface area contributed by atoms with Gasteiger partial charge in [0.15, 0.2) is 10.8 Å². The van der Waals surface area contributed by atoms with Gasteiger partial charge in [-0.25, -0.2) is 9.78 Å². The number of aromatic nitrogens is 1. The van der Waals surface area contributed by atoms with Crippen LogP contribution in [0.4, 0.5) is 11.4 Å². The maximum absolute atomic E-state index is 11.1. The fraction of sp³-hybridized carbons (Fsp3) is 0.0714. The fourth-order valence-electron chi connectivity index (χ4n) is 1.72. The Labute approximate surface area is 146 Å². The lowest BCUT2D eigenvalue weighted by Gasteiger charge is -2.10. The first kappa shape index (κ1) is 17.3. The second kappa shape index (κ2) is 7.04. The molecule has 9 heteroatoms. The van der Waals surface area contributed by atoms with Crippen molar-refractivity contribution in [2.24, 2.45) is 5.10 Å². The summed E-state index contributed by atoms with van der Waals surface area (Å²) < 4.78 is 0. The van der Waals surface area contributed by atoms with Crippen LogP contribution in [0, 0.1) is 0 Å². The zero-order valence-electron chi connectivity index (χ0n) is 11.8. The Balaban J connectivity index is 2.40. The lowest BCUT2D eigenvalue weighted by atomic mass is 10.1. The molecule has 0 aliphatic heterocycles. The van der Waals surface area contributed by atoms with E-state index < -0.39 is 11.7 Å². The molecule has 0 saturated carbocycles. The maximum Gasteiger partial charge on any atom is 0.356 e. The van der Waals surface area contributed by atoms with E-state index in [0.29, 0.717) is 11.4 Å². The smallest absolute Gasteiger partial charge is 0.356 e. The average molecular weight is 374 g/mol. The molecule has 0 saturated heterocycles. The van der Waals surface area contributed by atoms with E-state index in [1.54, 1.807) is 25.1 Å². The number of hydrogen-bond donors (Lipinski definition) is 3. The van der Waals surface area contributed by atoms with Gasteiger partial charge in [0.1, 0.15) is 10.0 Å². The minimum absolute atomic E-state index is 0.0224. The van der Waals surface area contributed by atoms with Gasteiger partial charge in [0.2, 0.25) is 0 Å². The van der Waals surface area contributed by atoms with Crippen LogP contribution in [0.1, 0.15) is 23.0 Å². The maximum atomic E-state index is 11.1. The van der Waals surface area contributed by atoms with Crippen LogP contribution >= 0.6 is 34.8 Å². The van der Waals surface area contributed by atoms with Crippen molar-refractivity contribution in [2.75, 3.05) is 11.2 Å². The molecule has 23 heavy (non-hydrogen) atoms. The highest BCUT2D eigenvalue weighted by atomic mass is 35.5. The Morgan fingerprint density at radius 3 is 2.61 bits per heavy atom. The molecule has 0 bridgehead atoms. The van der Waals surface area contributed by atoms with Crippen LogP contribution in [0.25, 0.3) is 0 Å². The van der Waals surface area contributed by atoms with Gasteiger partial charge in [-0.2, -0.15) is 5.10 Å². The summed E-state index contributed by atoms with van der Waals surface area (Å²) in [6.45, 7) is 1.74. The molecule has 0 spiro atoms. The fourth-order valence-corrected chi connectivity index (χ4v) is 2.39. The first-order chi connectivity index (χ1) is 10.8. The lowest BCUT2D eigenvalue weighted by molar-refractivity contribution is 0.0691. The van der Waals surface area contributed by atoms with Crippen LogP contribution in [0.2, 0.25) is 15.2 Å². The number of nitrogens with zero attached hydrogens (tertiary/aromatic N) is 2. The van der Waals surface area contributed by atoms with Crippen molar-refractivity contribution >= 4 is 57.9 Å². The number of hydrazone groups is 1. The highest BCUT2D eigenvalue weighted by Crippen LogP contribution is 2.36. The van der Waals surface area contributed by atoms with Crippen molar-refractivity contribution in [1.82, 2.24) is 4.98 Å². The van der Waals surface area contributed by atoms with E-state index in [1.807, 2.05) is 6.07 Å². The summed E-state index contributed by atoms with van der Waals surface area (Å²) in [5, 5.41) is 12.8. The molecule has 120 valence electrons. The van der Waals surface area contributed by atoms with E-state index in [9.17, 15) is 4.79 Å². The van der Waals surface area contributed by atoms with Crippen molar-refractivity contribution in [3.63, 3.8) is 0 Å². The van der Waals surface area contributed by atoms with Crippen molar-refractivity contribution in [2.45, 2.75) is 6.92 Å². The van der Waals surface area contributed by atoms with Gasteiger partial charge in [-0.15, -0.1) is 0 Å². The minimum atomic E-state index is -1.33. The number of aromatic carboxylic acids is 1. The Bertz CT molecular complexity index is 809. The number of nitrogen functional groups attached to an aromatic ring is 1. The summed E-state index contributed by atoms with van der Waals surface area (Å²) in [4.78, 5) is 14.7. The van der Waals surface area contributed by atoms with E-state index >= 15 is 0 Å². The normalized spacial score (nSPS) is 11.4. The van der Waals surface area contributed by atoms with Crippen molar-refractivity contribution in [3.8, 4) is 0 Å². The number of carboxylic acid groups (broad SMARTS) is 1. The number of carbonyl (C=O) groups is 1. The van der Waals surface area contributed by atoms with Crippen LogP contribution in [-0.4, -0.2) is 21.8 Å². The predicted octanol–water partition coefficient (Wildman–Crippen LogP) is 4.16. The van der Waals surface area contributed by atoms with E-state index in [2.05, 4.69) is 15.5 Å². The summed E-state index contributed by atoms with van der Waals surface area (Å²) in [5.41, 5.74) is 9.96. The Kier molecular flexibility index (Phi) is 5.30. The first-order valence-corrected chi connectivity index (χ1v) is 7.38. The average Bonchev–Trinajstić information content (AvgIpc) is 2.50. The van der Waals surface area contributed by atoms with Crippen molar-refractivity contribution < 1.29 is 9.90 Å². The summed E-state index contributed by atoms with van der Waals surface area (Å²) in [7, 11) is 0. The Morgan fingerprint density at radius 2 is 2.00 bits per heavy atom. The molecular weight excluding hydrogens is 363 g/mol. The highest BCUT2D eigenvalue weighted by molar-refractivity contribution is 6.46. The molecule has 2 aromatic rings. The van der Waals surface area contributed by atoms with Gasteiger partial charge in [-0.05, 0) is 24.6 Å². The number of rotatable bonds is 4. The number of pyridine rings is 1. The third-order valence-corrected chi connectivity index (χ3v) is 3.99. The standard InChI is InChI=1S/C14H11Cl3N4O2/c1-6(7-3-2-4-8(18)5-7)20-21-11-9(15)12(14(22)23)19-13(17)10(11)16/h2-5H,18H2,1H3,(H,19,21)(H,22,23)/b20-6-. The summed E-state index contributed by atoms with van der Waals surface area (Å²) >= 11 is 17.8. The molecule has 1 aromatic heterocycles. The van der Waals surface area contributed by atoms with Crippen LogP contribution < -0.4 is 11.2 Å². The van der Waals surface area contributed by atoms with Gasteiger partial charge < -0.3 is 10.8 Å². The molecule has 0 fully saturated rings. The summed E-state index contributed by atoms with van der Waals surface area (Å²) in [6, 6.07) is 7.10. The summed E-state index contributed by atoms with van der Waals surface area (Å²) in [6.07, 6.45) is 0. The molecule has 1 aromatic carbocycles. The minimum Gasteiger partial charge on any atom is -0.476 e. The Hall–Kier alpha value is -2.02. The monoisotopic (exact) mass is 372 g/mol. The predicted molar refractivity (Wildman–Crippen MR) is 92.9 cm³/mol. The van der Waals surface area contributed by atoms with Gasteiger partial charge in [-0.1, -0.05) is 46.9 Å². The van der Waals surface area contributed by atoms with Gasteiger partial charge in [0.25, 0.3) is 0 Å². The topological polar surface area (TPSA) is 101 Å². The lowest BCUT2D eigenvalue weighted by Crippen LogP contribution is -2.06. The van der Waals surface area contributed by atoms with E-state index in [0.717, 1.165) is 5.56 Å². The number of anilines is 2. The van der Waals surface area contributed by atoms with Crippen LogP contribution in [0.5, 0.6) is 0 Å². The van der Waals surface area contributed by atoms with Gasteiger partial charge in [0.05, 0.1) is 11.4 Å². The number of nitrogens with one attached hydrogen (secondary N) is 1. The number of hydrogen-bond acceptors (Lipinski definition) is 5. The van der Waals surface area contributed by atoms with E-state index in [4.69, 9.17) is 45.6 Å². The molecule has 0 radical (unpaired) electrons. The van der Waals surface area contributed by atoms with Crippen molar-refractivity contribution in [1.29, 1.82) is 0 Å². The zero-order valence-corrected chi connectivity index (χ0v) is 14.0. The van der Waals surface area contributed by atoms with Crippen LogP contribution in [0.15, 0.2) is 29.4 Å². The van der Waals surface area contributed by atoms with Gasteiger partial charge in [0, 0.05) is 5.69 Å². The van der Waals surface area contributed by atoms with Crippen molar-refractivity contribution in [3.05, 3.63) is 50.7 Å². The van der Waals surface area contributed by atoms with E-state index in [1.165, 1.54) is 0 Å². The zero-order chi connectivity index (χ0) is 17.1. The molecule has 0 aliphatic rings. The van der Waals surface area contributed by atoms with Gasteiger partial charge in [-0.3, -0.25) is 5.43 Å². The first-order valence-electron chi connectivity index (χ1n) is 6.25. The third kappa shape index (κ3) is 3.85. The number of carboxylic acids is 1. The largest absolute Gasteiger partial charge is 0.476 e. The molecule has 0 atom stereocenters. The molecular formula is C14H11Cl3N4O2. The Morgan fingerprint density at radius 1 is 1.30 bits per heavy atom. The van der Waals surface area contributed by atoms with Gasteiger partial charge >= 0.3 is 5.97 Å². The highest BCUT2D eigenvalue weighted by Gasteiger charge is 2.20. The second-order valence-electron chi connectivity index (χ2n) is 4.49. The molecule has 0 unspecified atom stereocenters. The molecule has 0 amide bonds. The molecule has 0 aliphatic carbocycles. The number of nitrogens with two attached hydrogens (primary N) is 1.